The van der Waals surface area contributed by atoms with Crippen molar-refractivity contribution in [1.82, 2.24) is 4.98 Å². The summed E-state index contributed by atoms with van der Waals surface area (Å²) in [6, 6.07) is 5.22. The van der Waals surface area contributed by atoms with Gasteiger partial charge in [-0.15, -0.1) is 0 Å². The molecule has 0 amide bonds. The zero-order valence-electron chi connectivity index (χ0n) is 10.5. The highest BCUT2D eigenvalue weighted by Crippen LogP contribution is 2.24. The molecule has 19 heavy (non-hydrogen) atoms. The van der Waals surface area contributed by atoms with Gasteiger partial charge in [0.05, 0.1) is 17.9 Å². The van der Waals surface area contributed by atoms with Crippen molar-refractivity contribution < 1.29 is 8.78 Å². The van der Waals surface area contributed by atoms with Crippen molar-refractivity contribution in [3.8, 4) is 0 Å². The van der Waals surface area contributed by atoms with E-state index in [0.717, 1.165) is 21.9 Å². The molecule has 1 unspecified atom stereocenters. The molecule has 5 heteroatoms. The molecule has 0 fully saturated rings. The monoisotopic (exact) mass is 326 g/mol. The third kappa shape index (κ3) is 3.29. The van der Waals surface area contributed by atoms with Crippen molar-refractivity contribution in [2.24, 2.45) is 0 Å². The Labute approximate surface area is 119 Å². The first kappa shape index (κ1) is 13.9. The Morgan fingerprint density at radius 3 is 2.63 bits per heavy atom. The third-order valence-electron chi connectivity index (χ3n) is 2.83. The van der Waals surface area contributed by atoms with Gasteiger partial charge in [0.2, 0.25) is 0 Å². The zero-order chi connectivity index (χ0) is 14.0. The number of rotatable bonds is 3. The highest BCUT2D eigenvalue weighted by Gasteiger charge is 2.12. The van der Waals surface area contributed by atoms with E-state index < -0.39 is 11.6 Å². The average Bonchev–Trinajstić information content (AvgIpc) is 2.33. The molecule has 0 radical (unpaired) electrons. The number of nitrogens with one attached hydrogen (secondary N) is 1. The molecule has 1 heterocycles. The van der Waals surface area contributed by atoms with Crippen molar-refractivity contribution in [3.05, 3.63) is 57.8 Å². The van der Waals surface area contributed by atoms with Crippen LogP contribution in [0.15, 0.2) is 35.1 Å². The number of aromatic nitrogens is 1. The van der Waals surface area contributed by atoms with Crippen LogP contribution in [0.25, 0.3) is 0 Å². The molecule has 0 spiro atoms. The normalized spacial score (nSPS) is 12.3. The zero-order valence-corrected chi connectivity index (χ0v) is 12.1. The minimum absolute atomic E-state index is 0.275. The van der Waals surface area contributed by atoms with Gasteiger partial charge in [-0.2, -0.15) is 0 Å². The highest BCUT2D eigenvalue weighted by molar-refractivity contribution is 9.10. The molecule has 100 valence electrons. The van der Waals surface area contributed by atoms with Gasteiger partial charge in [-0.05, 0) is 47.5 Å². The average molecular weight is 327 g/mol. The number of pyridine rings is 1. The molecule has 0 aliphatic heterocycles. The number of anilines is 1. The van der Waals surface area contributed by atoms with E-state index in [4.69, 9.17) is 0 Å². The molecule has 0 saturated carbocycles. The summed E-state index contributed by atoms with van der Waals surface area (Å²) in [6.07, 6.45) is 1.66. The quantitative estimate of drug-likeness (QED) is 0.833. The largest absolute Gasteiger partial charge is 0.377 e. The van der Waals surface area contributed by atoms with E-state index in [-0.39, 0.29) is 6.04 Å². The molecule has 1 N–H and O–H groups in total. The first-order valence-electron chi connectivity index (χ1n) is 5.81. The lowest BCUT2D eigenvalue weighted by atomic mass is 10.1. The van der Waals surface area contributed by atoms with Gasteiger partial charge in [0.15, 0.2) is 0 Å². The fraction of sp³-hybridized carbons (Fsp3) is 0.214. The highest BCUT2D eigenvalue weighted by atomic mass is 79.9. The van der Waals surface area contributed by atoms with E-state index in [2.05, 4.69) is 26.2 Å². The van der Waals surface area contributed by atoms with Crippen molar-refractivity contribution in [1.29, 1.82) is 0 Å². The van der Waals surface area contributed by atoms with Crippen molar-refractivity contribution in [2.75, 3.05) is 5.32 Å². The molecule has 0 bridgehead atoms. The lowest BCUT2D eigenvalue weighted by molar-refractivity contribution is 0.566. The van der Waals surface area contributed by atoms with Crippen LogP contribution in [0.1, 0.15) is 24.1 Å². The van der Waals surface area contributed by atoms with Gasteiger partial charge in [0.25, 0.3) is 0 Å². The number of hydrogen-bond acceptors (Lipinski definition) is 2. The number of nitrogens with zero attached hydrogens (tertiary/aromatic N) is 1. The second kappa shape index (κ2) is 5.65. The summed E-state index contributed by atoms with van der Waals surface area (Å²) in [7, 11) is 0. The van der Waals surface area contributed by atoms with Crippen LogP contribution in [-0.2, 0) is 0 Å². The molecular formula is C14H13BrF2N2. The lowest BCUT2D eigenvalue weighted by Gasteiger charge is -2.16. The molecule has 2 nitrogen and oxygen atoms in total. The Kier molecular flexibility index (Phi) is 4.14. The van der Waals surface area contributed by atoms with Gasteiger partial charge < -0.3 is 5.32 Å². The minimum Gasteiger partial charge on any atom is -0.377 e. The summed E-state index contributed by atoms with van der Waals surface area (Å²) in [4.78, 5) is 4.16. The van der Waals surface area contributed by atoms with E-state index in [1.54, 1.807) is 6.20 Å². The van der Waals surface area contributed by atoms with Crippen LogP contribution in [-0.4, -0.2) is 4.98 Å². The Bertz CT molecular complexity index is 602. The Morgan fingerprint density at radius 2 is 2.00 bits per heavy atom. The number of aryl methyl sites for hydroxylation is 1. The molecule has 0 saturated heterocycles. The third-order valence-corrected chi connectivity index (χ3v) is 3.66. The van der Waals surface area contributed by atoms with Crippen LogP contribution in [0.4, 0.5) is 14.5 Å². The summed E-state index contributed by atoms with van der Waals surface area (Å²) >= 11 is 3.32. The van der Waals surface area contributed by atoms with Crippen LogP contribution < -0.4 is 5.32 Å². The predicted molar refractivity (Wildman–Crippen MR) is 75.1 cm³/mol. The number of benzene rings is 1. The molecule has 1 aromatic heterocycles. The van der Waals surface area contributed by atoms with Crippen LogP contribution >= 0.6 is 15.9 Å². The second-order valence-electron chi connectivity index (χ2n) is 4.36. The maximum atomic E-state index is 13.6. The lowest BCUT2D eigenvalue weighted by Crippen LogP contribution is -2.09. The van der Waals surface area contributed by atoms with Crippen molar-refractivity contribution in [3.63, 3.8) is 0 Å². The van der Waals surface area contributed by atoms with Gasteiger partial charge in [0, 0.05) is 11.6 Å². The Hall–Kier alpha value is -1.49. The molecule has 2 aromatic rings. The molecule has 0 aliphatic rings. The van der Waals surface area contributed by atoms with Gasteiger partial charge in [-0.1, -0.05) is 6.07 Å². The van der Waals surface area contributed by atoms with E-state index >= 15 is 0 Å². The van der Waals surface area contributed by atoms with Gasteiger partial charge in [-0.3, -0.25) is 0 Å². The van der Waals surface area contributed by atoms with E-state index in [0.29, 0.717) is 5.56 Å². The van der Waals surface area contributed by atoms with Crippen LogP contribution in [0, 0.1) is 18.6 Å². The number of halogens is 3. The summed E-state index contributed by atoms with van der Waals surface area (Å²) < 4.78 is 27.3. The van der Waals surface area contributed by atoms with Gasteiger partial charge in [-0.25, -0.2) is 13.8 Å². The van der Waals surface area contributed by atoms with Crippen molar-refractivity contribution >= 4 is 21.6 Å². The molecular weight excluding hydrogens is 314 g/mol. The van der Waals surface area contributed by atoms with Crippen LogP contribution in [0.2, 0.25) is 0 Å². The first-order valence-corrected chi connectivity index (χ1v) is 6.60. The number of hydrogen-bond donors (Lipinski definition) is 1. The Balaban J connectivity index is 2.20. The second-order valence-corrected chi connectivity index (χ2v) is 5.11. The maximum Gasteiger partial charge on any atom is 0.131 e. The summed E-state index contributed by atoms with van der Waals surface area (Å²) in [6.45, 7) is 3.74. The molecule has 1 atom stereocenters. The fourth-order valence-electron chi connectivity index (χ4n) is 1.82. The molecule has 0 aliphatic carbocycles. The van der Waals surface area contributed by atoms with E-state index in [1.807, 2.05) is 19.9 Å². The fourth-order valence-corrected chi connectivity index (χ4v) is 2.03. The smallest absolute Gasteiger partial charge is 0.131 e. The summed E-state index contributed by atoms with van der Waals surface area (Å²) in [5.74, 6) is -1.13. The molecule has 2 rings (SSSR count). The summed E-state index contributed by atoms with van der Waals surface area (Å²) in [5.41, 5.74) is 2.19. The first-order chi connectivity index (χ1) is 8.97. The summed E-state index contributed by atoms with van der Waals surface area (Å²) in [5, 5.41) is 3.14. The standard InChI is InChI=1S/C14H13BrF2N2/c1-8-5-11(7-18-14(8)15)19-9(2)12-4-3-10(16)6-13(12)17/h3-7,9,19H,1-2H3. The van der Waals surface area contributed by atoms with E-state index in [1.165, 1.54) is 12.1 Å². The topological polar surface area (TPSA) is 24.9 Å². The molecule has 1 aromatic carbocycles. The maximum absolute atomic E-state index is 13.6. The van der Waals surface area contributed by atoms with Gasteiger partial charge >= 0.3 is 0 Å². The minimum atomic E-state index is -0.574. The van der Waals surface area contributed by atoms with Crippen LogP contribution in [0.5, 0.6) is 0 Å². The van der Waals surface area contributed by atoms with Crippen molar-refractivity contribution in [2.45, 2.75) is 19.9 Å². The SMILES string of the molecule is Cc1cc(NC(C)c2ccc(F)cc2F)cnc1Br. The Morgan fingerprint density at radius 1 is 1.26 bits per heavy atom. The van der Waals surface area contributed by atoms with Crippen LogP contribution in [0.3, 0.4) is 0 Å². The van der Waals surface area contributed by atoms with Gasteiger partial charge in [0.1, 0.15) is 16.2 Å². The predicted octanol–water partition coefficient (Wildman–Crippen LogP) is 4.60. The van der Waals surface area contributed by atoms with E-state index in [9.17, 15) is 8.78 Å².